The van der Waals surface area contributed by atoms with Gasteiger partial charge >= 0.3 is 0 Å². The lowest BCUT2D eigenvalue weighted by Gasteiger charge is -2.40. The van der Waals surface area contributed by atoms with Gasteiger partial charge in [0.25, 0.3) is 0 Å². The Bertz CT molecular complexity index is 442. The van der Waals surface area contributed by atoms with Gasteiger partial charge in [0.2, 0.25) is 0 Å². The first-order valence-corrected chi connectivity index (χ1v) is 10.6. The third-order valence-electron chi connectivity index (χ3n) is 5.55. The summed E-state index contributed by atoms with van der Waals surface area (Å²) in [6.45, 7) is 0.392. The van der Waals surface area contributed by atoms with Crippen LogP contribution in [-0.4, -0.2) is 54.4 Å². The van der Waals surface area contributed by atoms with Crippen molar-refractivity contribution < 1.29 is 10.0 Å². The Morgan fingerprint density at radius 3 is 2.83 bits per heavy atom. The van der Waals surface area contributed by atoms with Crippen molar-refractivity contribution in [3.05, 3.63) is 5.21 Å². The second-order valence-corrected chi connectivity index (χ2v) is 9.91. The highest BCUT2D eigenvalue weighted by molar-refractivity contribution is 14.1. The summed E-state index contributed by atoms with van der Waals surface area (Å²) >= 11 is 4.00. The van der Waals surface area contributed by atoms with Gasteiger partial charge in [-0.05, 0) is 32.1 Å². The van der Waals surface area contributed by atoms with Gasteiger partial charge in [-0.15, -0.1) is 11.8 Å². The lowest BCUT2D eigenvalue weighted by molar-refractivity contribution is -0.129. The van der Waals surface area contributed by atoms with Crippen LogP contribution in [0.1, 0.15) is 44.9 Å². The molecule has 6 atom stereocenters. The van der Waals surface area contributed by atoms with Crippen LogP contribution in [0, 0.1) is 11.1 Å². The quantitative estimate of drug-likeness (QED) is 0.383. The molecule has 3 fully saturated rings. The van der Waals surface area contributed by atoms with Gasteiger partial charge in [0.05, 0.1) is 6.54 Å². The van der Waals surface area contributed by atoms with E-state index in [4.69, 9.17) is 5.73 Å². The number of thioether (sulfide) groups is 1. The van der Waals surface area contributed by atoms with Crippen LogP contribution in [0.3, 0.4) is 0 Å². The fourth-order valence-electron chi connectivity index (χ4n) is 4.21. The maximum Gasteiger partial charge on any atom is 0.150 e. The minimum atomic E-state index is -0.470. The average Bonchev–Trinajstić information content (AvgIpc) is 2.83. The van der Waals surface area contributed by atoms with Crippen molar-refractivity contribution in [1.29, 1.82) is 0 Å². The van der Waals surface area contributed by atoms with E-state index in [1.807, 2.05) is 0 Å². The molecule has 6 unspecified atom stereocenters. The zero-order valence-corrected chi connectivity index (χ0v) is 16.1. The van der Waals surface area contributed by atoms with Gasteiger partial charge < -0.3 is 16.1 Å². The third kappa shape index (κ3) is 4.04. The van der Waals surface area contributed by atoms with Gasteiger partial charge in [0, 0.05) is 27.2 Å². The summed E-state index contributed by atoms with van der Waals surface area (Å²) in [6.07, 6.45) is 6.88. The van der Waals surface area contributed by atoms with Crippen molar-refractivity contribution in [1.82, 2.24) is 10.1 Å². The molecule has 0 bridgehead atoms. The van der Waals surface area contributed by atoms with Crippen LogP contribution in [0.15, 0.2) is 0 Å². The molecule has 3 rings (SSSR count). The van der Waals surface area contributed by atoms with E-state index in [0.29, 0.717) is 24.3 Å². The Labute approximate surface area is 155 Å². The fraction of sp³-hybridized carbons (Fsp3) is 0.933. The van der Waals surface area contributed by atoms with Gasteiger partial charge in [-0.2, -0.15) is 0 Å². The number of hydrogen-bond acceptors (Lipinski definition) is 7. The maximum absolute atomic E-state index is 12.7. The smallest absolute Gasteiger partial charge is 0.150 e. The largest absolute Gasteiger partial charge is 0.762 e. The molecule has 2 aliphatic carbocycles. The van der Waals surface area contributed by atoms with E-state index in [-0.39, 0.29) is 26.4 Å². The molecule has 23 heavy (non-hydrogen) atoms. The van der Waals surface area contributed by atoms with Crippen molar-refractivity contribution in [3.8, 4) is 0 Å². The van der Waals surface area contributed by atoms with E-state index in [0.717, 1.165) is 19.3 Å². The maximum atomic E-state index is 12.7. The van der Waals surface area contributed by atoms with E-state index in [2.05, 4.69) is 27.5 Å². The minimum absolute atomic E-state index is 0.0468. The number of nitrogens with zero attached hydrogens (tertiary/aromatic N) is 2. The lowest BCUT2D eigenvalue weighted by Crippen LogP contribution is -2.49. The molecule has 0 amide bonds. The number of fused-ring (bicyclic) bond motifs is 1. The monoisotopic (exact) mass is 454 g/mol. The Hall–Kier alpha value is 0.550. The van der Waals surface area contributed by atoms with Crippen molar-refractivity contribution in [2.75, 3.05) is 6.54 Å². The molecule has 3 aliphatic rings. The number of hydrogen-bond donors (Lipinski definition) is 2. The van der Waals surface area contributed by atoms with Gasteiger partial charge in [-0.25, -0.2) is 0 Å². The summed E-state index contributed by atoms with van der Waals surface area (Å²) in [5.74, 6) is 0.0527. The lowest BCUT2D eigenvalue weighted by atomic mass is 9.83. The number of carbonyl (C=O) groups is 1. The molecule has 2 saturated carbocycles. The Morgan fingerprint density at radius 1 is 1.35 bits per heavy atom. The molecule has 1 heterocycles. The van der Waals surface area contributed by atoms with Crippen LogP contribution >= 0.6 is 34.4 Å². The van der Waals surface area contributed by atoms with Gasteiger partial charge in [0.1, 0.15) is 11.3 Å². The van der Waals surface area contributed by atoms with E-state index in [1.165, 1.54) is 19.3 Å². The summed E-state index contributed by atoms with van der Waals surface area (Å²) in [5.41, 5.74) is 6.17. The molecule has 0 spiro atoms. The molecule has 6 nitrogen and oxygen atoms in total. The van der Waals surface area contributed by atoms with Crippen molar-refractivity contribution in [2.24, 2.45) is 11.7 Å². The molecule has 0 aromatic carbocycles. The summed E-state index contributed by atoms with van der Waals surface area (Å²) < 4.78 is 0.103. The number of halogens is 1. The molecule has 8 heteroatoms. The standard InChI is InChI=1S/C15H25IN3O3S/c16-10-6-5-9(7-12(10)19(21)22)13(20)8-18-11-3-1-2-4-14(11)23-15(18)17/h9-12,14-15,21H,1-8,17H2/q-1. The summed E-state index contributed by atoms with van der Waals surface area (Å²) in [5, 5.41) is 21.2. The van der Waals surface area contributed by atoms with Crippen molar-refractivity contribution in [2.45, 2.75) is 71.7 Å². The van der Waals surface area contributed by atoms with Crippen LogP contribution < -0.4 is 5.73 Å². The predicted molar refractivity (Wildman–Crippen MR) is 99.3 cm³/mol. The molecule has 1 saturated heterocycles. The highest BCUT2D eigenvalue weighted by Crippen LogP contribution is 2.41. The van der Waals surface area contributed by atoms with Gasteiger partial charge in [0.15, 0.2) is 0 Å². The average molecular weight is 454 g/mol. The molecular formula is C15H25IN3O3S-. The molecule has 0 radical (unpaired) electrons. The van der Waals surface area contributed by atoms with Gasteiger partial charge in [-0.1, -0.05) is 35.4 Å². The van der Waals surface area contributed by atoms with E-state index in [1.54, 1.807) is 11.8 Å². The molecule has 3 N–H and O–H groups in total. The summed E-state index contributed by atoms with van der Waals surface area (Å²) in [4.78, 5) is 14.9. The third-order valence-corrected chi connectivity index (χ3v) is 8.45. The molecule has 132 valence electrons. The normalized spacial score (nSPS) is 42.0. The fourth-order valence-corrected chi connectivity index (χ4v) is 6.66. The van der Waals surface area contributed by atoms with Crippen LogP contribution in [0.5, 0.6) is 0 Å². The Balaban J connectivity index is 1.60. The minimum Gasteiger partial charge on any atom is -0.762 e. The van der Waals surface area contributed by atoms with Crippen LogP contribution in [0.25, 0.3) is 0 Å². The summed E-state index contributed by atoms with van der Waals surface area (Å²) in [6, 6.07) is -0.0411. The second kappa shape index (κ2) is 7.84. The van der Waals surface area contributed by atoms with Crippen LogP contribution in [0.2, 0.25) is 0 Å². The zero-order valence-electron chi connectivity index (χ0n) is 13.1. The van der Waals surface area contributed by atoms with Crippen molar-refractivity contribution >= 4 is 40.1 Å². The van der Waals surface area contributed by atoms with E-state index >= 15 is 0 Å². The zero-order chi connectivity index (χ0) is 16.6. The topological polar surface area (TPSA) is 92.9 Å². The van der Waals surface area contributed by atoms with Crippen LogP contribution in [-0.2, 0) is 4.79 Å². The number of alkyl halides is 1. The SMILES string of the molecule is NC1SC2CCCCC2N1CC(=O)C1CCC(I)C(N([O-])O)C1. The number of carbonyl (C=O) groups excluding carboxylic acids is 1. The number of nitrogens with two attached hydrogens (primary N) is 1. The summed E-state index contributed by atoms with van der Waals surface area (Å²) in [7, 11) is 0. The van der Waals surface area contributed by atoms with E-state index in [9.17, 15) is 15.2 Å². The Morgan fingerprint density at radius 2 is 2.09 bits per heavy atom. The van der Waals surface area contributed by atoms with Gasteiger partial charge in [-0.3, -0.25) is 14.9 Å². The second-order valence-electron chi connectivity index (χ2n) is 6.95. The highest BCUT2D eigenvalue weighted by Gasteiger charge is 2.43. The number of Topliss-reactive ketones (excluding diaryl/α,β-unsaturated/α-hetero) is 1. The Kier molecular flexibility index (Phi) is 6.25. The number of rotatable bonds is 4. The first kappa shape index (κ1) is 18.3. The predicted octanol–water partition coefficient (Wildman–Crippen LogP) is 2.32. The number of hydroxylamine groups is 2. The van der Waals surface area contributed by atoms with E-state index < -0.39 is 6.04 Å². The van der Waals surface area contributed by atoms with Crippen LogP contribution in [0.4, 0.5) is 0 Å². The highest BCUT2D eigenvalue weighted by atomic mass is 127. The number of ketones is 1. The first-order chi connectivity index (χ1) is 11.0. The molecule has 0 aromatic rings. The van der Waals surface area contributed by atoms with Crippen molar-refractivity contribution in [3.63, 3.8) is 0 Å². The molecule has 1 aliphatic heterocycles. The molecular weight excluding hydrogens is 429 g/mol. The first-order valence-electron chi connectivity index (χ1n) is 8.46. The molecule has 0 aromatic heterocycles.